The summed E-state index contributed by atoms with van der Waals surface area (Å²) in [6.45, 7) is 1.28. The average Bonchev–Trinajstić information content (AvgIpc) is 2.94. The molecule has 0 fully saturated rings. The molecule has 0 spiro atoms. The zero-order chi connectivity index (χ0) is 17.0. The molecule has 0 unspecified atom stereocenters. The van der Waals surface area contributed by atoms with Gasteiger partial charge in [0.1, 0.15) is 11.6 Å². The van der Waals surface area contributed by atoms with Gasteiger partial charge in [-0.1, -0.05) is 11.3 Å². The topological polar surface area (TPSA) is 117 Å². The van der Waals surface area contributed by atoms with Gasteiger partial charge in [-0.25, -0.2) is 28.1 Å². The van der Waals surface area contributed by atoms with Crippen LogP contribution in [0.5, 0.6) is 0 Å². The number of carbonyl (C=O) groups excluding carboxylic acids is 1. The molecule has 124 valence electrons. The van der Waals surface area contributed by atoms with Gasteiger partial charge in [-0.2, -0.15) is 0 Å². The number of aromatic nitrogens is 3. The summed E-state index contributed by atoms with van der Waals surface area (Å²) < 4.78 is 26.8. The lowest BCUT2D eigenvalue weighted by molar-refractivity contribution is -0.114. The van der Waals surface area contributed by atoms with Gasteiger partial charge in [-0.3, -0.25) is 4.79 Å². The number of nitrogens with one attached hydrogen (secondary N) is 2. The van der Waals surface area contributed by atoms with E-state index in [-0.39, 0.29) is 21.8 Å². The molecule has 0 saturated carbocycles. The highest BCUT2D eigenvalue weighted by atomic mass is 32.2. The smallest absolute Gasteiger partial charge is 0.252 e. The fourth-order valence-corrected chi connectivity index (χ4v) is 3.65. The van der Waals surface area contributed by atoms with Crippen LogP contribution in [0, 0.1) is 0 Å². The fourth-order valence-electron chi connectivity index (χ4n) is 1.55. The molecule has 2 aromatic rings. The minimum Gasteiger partial charge on any atom is -0.363 e. The Morgan fingerprint density at radius 3 is 2.74 bits per heavy atom. The van der Waals surface area contributed by atoms with E-state index in [1.54, 1.807) is 17.2 Å². The van der Waals surface area contributed by atoms with Crippen molar-refractivity contribution in [2.24, 2.45) is 0 Å². The van der Waals surface area contributed by atoms with Crippen molar-refractivity contribution in [3.05, 3.63) is 24.3 Å². The lowest BCUT2D eigenvalue weighted by Gasteiger charge is -2.11. The first-order valence-corrected chi connectivity index (χ1v) is 8.80. The normalized spacial score (nSPS) is 11.3. The summed E-state index contributed by atoms with van der Waals surface area (Å²) in [5, 5.41) is 2.66. The van der Waals surface area contributed by atoms with Gasteiger partial charge in [-0.05, 0) is 6.07 Å². The van der Waals surface area contributed by atoms with Crippen molar-refractivity contribution in [1.82, 2.24) is 19.7 Å². The quantitative estimate of drug-likeness (QED) is 0.771. The number of sulfonamides is 1. The summed E-state index contributed by atoms with van der Waals surface area (Å²) >= 11 is 0.869. The van der Waals surface area contributed by atoms with Crippen LogP contribution in [0.15, 0.2) is 22.7 Å². The summed E-state index contributed by atoms with van der Waals surface area (Å²) in [4.78, 5) is 24.8. The molecule has 2 aromatic heterocycles. The van der Waals surface area contributed by atoms with Crippen LogP contribution >= 0.6 is 11.3 Å². The highest BCUT2D eigenvalue weighted by Gasteiger charge is 2.18. The summed E-state index contributed by atoms with van der Waals surface area (Å²) in [5.74, 6) is 0.719. The number of hydrogen-bond donors (Lipinski definition) is 2. The number of carbonyl (C=O) groups is 1. The molecule has 11 heteroatoms. The maximum atomic E-state index is 12.2. The zero-order valence-electron chi connectivity index (χ0n) is 12.8. The summed E-state index contributed by atoms with van der Waals surface area (Å²) in [7, 11) is -0.0844. The van der Waals surface area contributed by atoms with Crippen molar-refractivity contribution < 1.29 is 13.2 Å². The Balaban J connectivity index is 2.08. The number of rotatable bonds is 6. The van der Waals surface area contributed by atoms with Crippen LogP contribution in [0.1, 0.15) is 12.7 Å². The molecule has 23 heavy (non-hydrogen) atoms. The van der Waals surface area contributed by atoms with Crippen molar-refractivity contribution in [2.45, 2.75) is 17.7 Å². The molecule has 0 aliphatic rings. The third kappa shape index (κ3) is 4.68. The van der Waals surface area contributed by atoms with Crippen LogP contribution in [0.3, 0.4) is 0 Å². The van der Waals surface area contributed by atoms with Crippen LogP contribution in [-0.2, 0) is 21.4 Å². The maximum Gasteiger partial charge on any atom is 0.252 e. The maximum absolute atomic E-state index is 12.2. The number of anilines is 2. The molecule has 0 atom stereocenters. The summed E-state index contributed by atoms with van der Waals surface area (Å²) in [6, 6.07) is 1.72. The van der Waals surface area contributed by atoms with E-state index in [0.29, 0.717) is 11.6 Å². The van der Waals surface area contributed by atoms with Gasteiger partial charge in [0.25, 0.3) is 10.0 Å². The molecule has 2 rings (SSSR count). The van der Waals surface area contributed by atoms with Crippen LogP contribution in [0.25, 0.3) is 0 Å². The molecule has 0 bridgehead atoms. The molecule has 0 radical (unpaired) electrons. The number of nitrogens with zero attached hydrogens (tertiary/aromatic N) is 4. The summed E-state index contributed by atoms with van der Waals surface area (Å²) in [5.41, 5.74) is 0. The van der Waals surface area contributed by atoms with Gasteiger partial charge in [-0.15, -0.1) is 0 Å². The Kier molecular flexibility index (Phi) is 5.23. The van der Waals surface area contributed by atoms with Crippen LogP contribution in [0.2, 0.25) is 0 Å². The predicted molar refractivity (Wildman–Crippen MR) is 86.8 cm³/mol. The third-order valence-electron chi connectivity index (χ3n) is 2.60. The van der Waals surface area contributed by atoms with Gasteiger partial charge in [0, 0.05) is 27.2 Å². The Morgan fingerprint density at radius 2 is 2.09 bits per heavy atom. The molecule has 0 aromatic carbocycles. The van der Waals surface area contributed by atoms with Crippen LogP contribution in [-0.4, -0.2) is 43.4 Å². The first-order chi connectivity index (χ1) is 10.8. The number of amides is 1. The Bertz CT molecular complexity index is 803. The monoisotopic (exact) mass is 356 g/mol. The molecule has 2 N–H and O–H groups in total. The average molecular weight is 356 g/mol. The predicted octanol–water partition coefficient (Wildman–Crippen LogP) is 0.436. The van der Waals surface area contributed by atoms with Gasteiger partial charge in [0.15, 0.2) is 9.34 Å². The molecular formula is C12H16N6O3S2. The minimum absolute atomic E-state index is 0.00464. The van der Waals surface area contributed by atoms with Crippen molar-refractivity contribution in [3.8, 4) is 0 Å². The lowest BCUT2D eigenvalue weighted by Crippen LogP contribution is -2.24. The molecule has 1 amide bonds. The van der Waals surface area contributed by atoms with Gasteiger partial charge >= 0.3 is 0 Å². The van der Waals surface area contributed by atoms with Gasteiger partial charge < -0.3 is 10.2 Å². The molecule has 0 saturated heterocycles. The van der Waals surface area contributed by atoms with Gasteiger partial charge in [0.05, 0.1) is 12.7 Å². The molecule has 2 heterocycles. The first kappa shape index (κ1) is 17.2. The second kappa shape index (κ2) is 6.98. The second-order valence-electron chi connectivity index (χ2n) is 4.72. The Morgan fingerprint density at radius 1 is 1.35 bits per heavy atom. The van der Waals surface area contributed by atoms with E-state index in [9.17, 15) is 13.2 Å². The SMILES string of the molecule is CC(=O)Nc1ncc(S(=O)(=O)NCc2nccc(N(C)C)n2)s1. The fraction of sp³-hybridized carbons (Fsp3) is 0.333. The highest BCUT2D eigenvalue weighted by Crippen LogP contribution is 2.22. The summed E-state index contributed by atoms with van der Waals surface area (Å²) in [6.07, 6.45) is 2.75. The van der Waals surface area contributed by atoms with Crippen molar-refractivity contribution in [3.63, 3.8) is 0 Å². The van der Waals surface area contributed by atoms with Gasteiger partial charge in [0.2, 0.25) is 5.91 Å². The number of hydrogen-bond acceptors (Lipinski definition) is 8. The molecular weight excluding hydrogens is 340 g/mol. The van der Waals surface area contributed by atoms with E-state index in [2.05, 4.69) is 25.0 Å². The highest BCUT2D eigenvalue weighted by molar-refractivity contribution is 7.91. The zero-order valence-corrected chi connectivity index (χ0v) is 14.4. The van der Waals surface area contributed by atoms with E-state index >= 15 is 0 Å². The van der Waals surface area contributed by atoms with Crippen molar-refractivity contribution in [1.29, 1.82) is 0 Å². The van der Waals surface area contributed by atoms with E-state index in [1.165, 1.54) is 13.1 Å². The molecule has 9 nitrogen and oxygen atoms in total. The molecule has 0 aliphatic carbocycles. The minimum atomic E-state index is -3.75. The van der Waals surface area contributed by atoms with Crippen molar-refractivity contribution >= 4 is 38.2 Å². The van der Waals surface area contributed by atoms with Crippen LogP contribution in [0.4, 0.5) is 10.9 Å². The van der Waals surface area contributed by atoms with E-state index in [4.69, 9.17) is 0 Å². The Labute approximate surface area is 137 Å². The van der Waals surface area contributed by atoms with Crippen molar-refractivity contribution in [2.75, 3.05) is 24.3 Å². The lowest BCUT2D eigenvalue weighted by atomic mass is 10.5. The largest absolute Gasteiger partial charge is 0.363 e. The Hall–Kier alpha value is -2.11. The van der Waals surface area contributed by atoms with E-state index < -0.39 is 10.0 Å². The first-order valence-electron chi connectivity index (χ1n) is 6.50. The van der Waals surface area contributed by atoms with E-state index in [0.717, 1.165) is 11.3 Å². The third-order valence-corrected chi connectivity index (χ3v) is 5.38. The van der Waals surface area contributed by atoms with Crippen LogP contribution < -0.4 is 14.9 Å². The molecule has 0 aliphatic heterocycles. The number of thiazole rings is 1. The second-order valence-corrected chi connectivity index (χ2v) is 7.74. The van der Waals surface area contributed by atoms with E-state index in [1.807, 2.05) is 14.1 Å². The standard InChI is InChI=1S/C12H16N6O3S2/c1-8(19)16-12-14-7-11(22-12)23(20,21)15-6-9-13-5-4-10(17-9)18(2)3/h4-5,7,15H,6H2,1-3H3,(H,14,16,19).